The third-order valence-electron chi connectivity index (χ3n) is 7.08. The van der Waals surface area contributed by atoms with E-state index in [-0.39, 0.29) is 4.75 Å². The molecule has 0 aliphatic rings. The fourth-order valence-electron chi connectivity index (χ4n) is 5.01. The van der Waals surface area contributed by atoms with Gasteiger partial charge >= 0.3 is 5.97 Å². The van der Waals surface area contributed by atoms with Gasteiger partial charge in [0.15, 0.2) is 0 Å². The van der Waals surface area contributed by atoms with Crippen LogP contribution in [0.2, 0.25) is 5.02 Å². The van der Waals surface area contributed by atoms with Gasteiger partial charge in [-0.05, 0) is 54.4 Å². The number of aliphatic carboxylic acids is 1. The number of carboxylic acids is 1. The van der Waals surface area contributed by atoms with E-state index in [1.54, 1.807) is 11.8 Å². The zero-order valence-corrected chi connectivity index (χ0v) is 25.4. The SMILES string of the molecule is CCC(Cc1c(SC(C)(C)C)c2cc(OCc3ccc4ccccc4n3)ccc2n1Cc1ccc(Cl)cc1)C(=O)O. The lowest BCUT2D eigenvalue weighted by atomic mass is 10.0. The first-order valence-corrected chi connectivity index (χ1v) is 15.1. The summed E-state index contributed by atoms with van der Waals surface area (Å²) >= 11 is 7.94. The third kappa shape index (κ3) is 6.88. The van der Waals surface area contributed by atoms with Gasteiger partial charge < -0.3 is 14.4 Å². The number of ether oxygens (including phenoxy) is 1. The number of hydrogen-bond acceptors (Lipinski definition) is 4. The fourth-order valence-corrected chi connectivity index (χ4v) is 6.33. The molecule has 0 radical (unpaired) electrons. The van der Waals surface area contributed by atoms with Crippen LogP contribution in [0, 0.1) is 5.92 Å². The van der Waals surface area contributed by atoms with E-state index in [1.807, 2.05) is 61.5 Å². The average Bonchev–Trinajstić information content (AvgIpc) is 3.21. The standard InChI is InChI=1S/C34H35ClN2O3S/c1-5-23(33(38)39)18-31-32(41-34(2,3)4)28-19-27(40-21-26-15-12-24-8-6-7-9-29(24)36-26)16-17-30(28)37(31)20-22-10-13-25(35)14-11-22/h6-17,19,23H,5,18,20-21H2,1-4H3,(H,38,39). The van der Waals surface area contributed by atoms with Crippen LogP contribution in [0.3, 0.4) is 0 Å². The second-order valence-electron chi connectivity index (χ2n) is 11.3. The Morgan fingerprint density at radius 3 is 2.51 bits per heavy atom. The molecule has 5 rings (SSSR count). The lowest BCUT2D eigenvalue weighted by Gasteiger charge is -2.21. The van der Waals surface area contributed by atoms with Crippen molar-refractivity contribution in [2.45, 2.75) is 63.3 Å². The molecule has 0 bridgehead atoms. The van der Waals surface area contributed by atoms with Crippen molar-refractivity contribution in [2.75, 3.05) is 0 Å². The van der Waals surface area contributed by atoms with Gasteiger partial charge in [-0.1, -0.05) is 75.7 Å². The monoisotopic (exact) mass is 586 g/mol. The number of para-hydroxylation sites is 1. The number of nitrogens with zero attached hydrogens (tertiary/aromatic N) is 2. The van der Waals surface area contributed by atoms with E-state index in [0.717, 1.165) is 49.4 Å². The van der Waals surface area contributed by atoms with Crippen molar-refractivity contribution in [1.29, 1.82) is 0 Å². The van der Waals surface area contributed by atoms with Crippen molar-refractivity contribution in [3.63, 3.8) is 0 Å². The Kier molecular flexibility index (Phi) is 8.62. The molecule has 5 aromatic rings. The third-order valence-corrected chi connectivity index (χ3v) is 8.60. The Hall–Kier alpha value is -3.48. The summed E-state index contributed by atoms with van der Waals surface area (Å²) in [6, 6.07) is 26.1. The Morgan fingerprint density at radius 2 is 1.80 bits per heavy atom. The largest absolute Gasteiger partial charge is 0.487 e. The predicted octanol–water partition coefficient (Wildman–Crippen LogP) is 9.01. The number of benzene rings is 3. The molecule has 5 nitrogen and oxygen atoms in total. The summed E-state index contributed by atoms with van der Waals surface area (Å²) in [5.41, 5.74) is 5.00. The molecule has 0 aliphatic heterocycles. The van der Waals surface area contributed by atoms with Gasteiger partial charge in [-0.3, -0.25) is 4.79 Å². The highest BCUT2D eigenvalue weighted by Crippen LogP contribution is 2.43. The molecular formula is C34H35ClN2O3S. The van der Waals surface area contributed by atoms with Crippen LogP contribution < -0.4 is 4.74 Å². The number of fused-ring (bicyclic) bond motifs is 2. The van der Waals surface area contributed by atoms with Crippen LogP contribution in [-0.4, -0.2) is 25.4 Å². The van der Waals surface area contributed by atoms with E-state index in [1.165, 1.54) is 0 Å². The second-order valence-corrected chi connectivity index (χ2v) is 13.6. The lowest BCUT2D eigenvalue weighted by molar-refractivity contribution is -0.141. The minimum Gasteiger partial charge on any atom is -0.487 e. The number of carboxylic acid groups (broad SMARTS) is 1. The molecule has 0 spiro atoms. The van der Waals surface area contributed by atoms with Gasteiger partial charge in [0.25, 0.3) is 0 Å². The number of carbonyl (C=O) groups is 1. The van der Waals surface area contributed by atoms with Gasteiger partial charge in [0.2, 0.25) is 0 Å². The molecule has 0 fully saturated rings. The van der Waals surface area contributed by atoms with Crippen molar-refractivity contribution in [3.8, 4) is 5.75 Å². The first-order chi connectivity index (χ1) is 19.6. The van der Waals surface area contributed by atoms with Crippen LogP contribution in [0.25, 0.3) is 21.8 Å². The number of rotatable bonds is 10. The predicted molar refractivity (Wildman–Crippen MR) is 169 cm³/mol. The molecule has 1 unspecified atom stereocenters. The summed E-state index contributed by atoms with van der Waals surface area (Å²) in [7, 11) is 0. The molecule has 2 aromatic heterocycles. The molecule has 0 saturated carbocycles. The van der Waals surface area contributed by atoms with Crippen LogP contribution in [0.5, 0.6) is 5.75 Å². The van der Waals surface area contributed by atoms with Gasteiger partial charge in [0, 0.05) is 49.6 Å². The van der Waals surface area contributed by atoms with Crippen molar-refractivity contribution in [3.05, 3.63) is 101 Å². The smallest absolute Gasteiger partial charge is 0.306 e. The summed E-state index contributed by atoms with van der Waals surface area (Å²) in [5, 5.41) is 12.8. The highest BCUT2D eigenvalue weighted by atomic mass is 35.5. The lowest BCUT2D eigenvalue weighted by Crippen LogP contribution is -2.19. The van der Waals surface area contributed by atoms with E-state index in [9.17, 15) is 9.90 Å². The highest BCUT2D eigenvalue weighted by molar-refractivity contribution is 8.00. The van der Waals surface area contributed by atoms with Gasteiger partial charge in [0.1, 0.15) is 12.4 Å². The summed E-state index contributed by atoms with van der Waals surface area (Å²) in [4.78, 5) is 18.0. The van der Waals surface area contributed by atoms with E-state index < -0.39 is 11.9 Å². The first kappa shape index (κ1) is 29.0. The van der Waals surface area contributed by atoms with Gasteiger partial charge in [-0.25, -0.2) is 4.98 Å². The zero-order valence-electron chi connectivity index (χ0n) is 23.9. The summed E-state index contributed by atoms with van der Waals surface area (Å²) in [6.07, 6.45) is 1.01. The fraction of sp³-hybridized carbons (Fsp3) is 0.294. The molecule has 0 saturated heterocycles. The summed E-state index contributed by atoms with van der Waals surface area (Å²) in [5.74, 6) is -0.490. The number of halogens is 1. The topological polar surface area (TPSA) is 64.4 Å². The van der Waals surface area contributed by atoms with Gasteiger partial charge in [-0.2, -0.15) is 0 Å². The molecular weight excluding hydrogens is 552 g/mol. The van der Waals surface area contributed by atoms with E-state index >= 15 is 0 Å². The van der Waals surface area contributed by atoms with Crippen molar-refractivity contribution < 1.29 is 14.6 Å². The maximum Gasteiger partial charge on any atom is 0.306 e. The van der Waals surface area contributed by atoms with Crippen LogP contribution in [0.1, 0.15) is 51.1 Å². The molecule has 1 atom stereocenters. The first-order valence-electron chi connectivity index (χ1n) is 13.9. The summed E-state index contributed by atoms with van der Waals surface area (Å²) in [6.45, 7) is 9.46. The van der Waals surface area contributed by atoms with Crippen molar-refractivity contribution >= 4 is 51.1 Å². The zero-order chi connectivity index (χ0) is 29.1. The molecule has 7 heteroatoms. The number of aromatic nitrogens is 2. The van der Waals surface area contributed by atoms with Crippen LogP contribution in [0.4, 0.5) is 0 Å². The van der Waals surface area contributed by atoms with Crippen LogP contribution >= 0.6 is 23.4 Å². The molecule has 1 N–H and O–H groups in total. The summed E-state index contributed by atoms with van der Waals surface area (Å²) < 4.78 is 8.46. The van der Waals surface area contributed by atoms with E-state index in [0.29, 0.717) is 31.0 Å². The van der Waals surface area contributed by atoms with E-state index in [4.69, 9.17) is 21.3 Å². The van der Waals surface area contributed by atoms with Crippen molar-refractivity contribution in [1.82, 2.24) is 9.55 Å². The maximum absolute atomic E-state index is 12.2. The second kappa shape index (κ2) is 12.2. The van der Waals surface area contributed by atoms with Gasteiger partial charge in [-0.15, -0.1) is 11.8 Å². The Morgan fingerprint density at radius 1 is 1.05 bits per heavy atom. The normalized spacial score (nSPS) is 12.6. The maximum atomic E-state index is 12.2. The molecule has 0 amide bonds. The molecule has 3 aromatic carbocycles. The Bertz CT molecular complexity index is 1690. The number of pyridine rings is 1. The Labute approximate surface area is 250 Å². The van der Waals surface area contributed by atoms with Crippen LogP contribution in [0.15, 0.2) is 83.8 Å². The average molecular weight is 587 g/mol. The molecule has 2 heterocycles. The number of thioether (sulfide) groups is 1. The number of hydrogen-bond donors (Lipinski definition) is 1. The van der Waals surface area contributed by atoms with Crippen molar-refractivity contribution in [2.24, 2.45) is 5.92 Å². The van der Waals surface area contributed by atoms with Crippen LogP contribution in [-0.2, 0) is 24.4 Å². The minimum atomic E-state index is -0.769. The highest BCUT2D eigenvalue weighted by Gasteiger charge is 2.27. The molecule has 212 valence electrons. The molecule has 41 heavy (non-hydrogen) atoms. The Balaban J connectivity index is 1.57. The molecule has 0 aliphatic carbocycles. The van der Waals surface area contributed by atoms with Gasteiger partial charge in [0.05, 0.1) is 17.1 Å². The van der Waals surface area contributed by atoms with E-state index in [2.05, 4.69) is 49.6 Å². The quantitative estimate of drug-likeness (QED) is 0.165. The minimum absolute atomic E-state index is 0.0784.